The van der Waals surface area contributed by atoms with E-state index in [0.717, 1.165) is 10.9 Å². The molecule has 20 heavy (non-hydrogen) atoms. The Labute approximate surface area is 118 Å². The smallest absolute Gasteiger partial charge is 0.311 e. The molecule has 1 unspecified atom stereocenters. The van der Waals surface area contributed by atoms with Gasteiger partial charge in [-0.1, -0.05) is 39.0 Å². The highest BCUT2D eigenvalue weighted by molar-refractivity contribution is 5.95. The molecule has 0 aliphatic rings. The second kappa shape index (κ2) is 5.86. The van der Waals surface area contributed by atoms with Crippen LogP contribution in [0.5, 0.6) is 0 Å². The molecule has 0 spiro atoms. The third kappa shape index (κ3) is 2.87. The van der Waals surface area contributed by atoms with Crippen molar-refractivity contribution < 1.29 is 4.92 Å². The molecule has 5 nitrogen and oxygen atoms in total. The van der Waals surface area contributed by atoms with E-state index in [2.05, 4.69) is 31.1 Å². The Bertz CT molecular complexity index is 626. The fourth-order valence-electron chi connectivity index (χ4n) is 1.95. The van der Waals surface area contributed by atoms with Crippen molar-refractivity contribution in [1.29, 1.82) is 0 Å². The number of hydrogen-bond donors (Lipinski definition) is 1. The van der Waals surface area contributed by atoms with E-state index in [4.69, 9.17) is 0 Å². The van der Waals surface area contributed by atoms with Crippen molar-refractivity contribution in [1.82, 2.24) is 4.98 Å². The molecule has 2 aromatic rings. The highest BCUT2D eigenvalue weighted by atomic mass is 16.6. The normalized spacial score (nSPS) is 12.6. The van der Waals surface area contributed by atoms with Gasteiger partial charge in [0, 0.05) is 11.9 Å². The zero-order chi connectivity index (χ0) is 14.7. The van der Waals surface area contributed by atoms with Crippen LogP contribution in [0.15, 0.2) is 30.5 Å². The predicted molar refractivity (Wildman–Crippen MR) is 80.9 cm³/mol. The molecule has 1 N–H and O–H groups in total. The fourth-order valence-corrected chi connectivity index (χ4v) is 1.95. The lowest BCUT2D eigenvalue weighted by molar-refractivity contribution is -0.384. The van der Waals surface area contributed by atoms with Crippen LogP contribution >= 0.6 is 0 Å². The van der Waals surface area contributed by atoms with Crippen molar-refractivity contribution in [2.24, 2.45) is 11.8 Å². The standard InChI is InChI=1S/C15H19N3O2/c1-10(2)11(3)8-17-15-12-6-4-5-7-13(12)16-9-14(15)18(19)20/h4-7,9-11H,8H2,1-3H3,(H,16,17). The topological polar surface area (TPSA) is 68.1 Å². The lowest BCUT2D eigenvalue weighted by Crippen LogP contribution is -2.17. The first-order chi connectivity index (χ1) is 9.50. The maximum Gasteiger partial charge on any atom is 0.311 e. The molecule has 5 heteroatoms. The summed E-state index contributed by atoms with van der Waals surface area (Å²) in [5.41, 5.74) is 1.35. The highest BCUT2D eigenvalue weighted by Gasteiger charge is 2.18. The third-order valence-corrected chi connectivity index (χ3v) is 3.69. The van der Waals surface area contributed by atoms with E-state index in [9.17, 15) is 10.1 Å². The highest BCUT2D eigenvalue weighted by Crippen LogP contribution is 2.31. The van der Waals surface area contributed by atoms with Crippen molar-refractivity contribution in [2.75, 3.05) is 11.9 Å². The second-order valence-corrected chi connectivity index (χ2v) is 5.39. The number of nitrogens with zero attached hydrogens (tertiary/aromatic N) is 2. The number of fused-ring (bicyclic) bond motifs is 1. The van der Waals surface area contributed by atoms with Gasteiger partial charge in [0.15, 0.2) is 0 Å². The van der Waals surface area contributed by atoms with Gasteiger partial charge >= 0.3 is 5.69 Å². The second-order valence-electron chi connectivity index (χ2n) is 5.39. The van der Waals surface area contributed by atoms with Crippen LogP contribution in [0, 0.1) is 22.0 Å². The van der Waals surface area contributed by atoms with Crippen molar-refractivity contribution in [3.8, 4) is 0 Å². The number of benzene rings is 1. The van der Waals surface area contributed by atoms with Crippen LogP contribution in [-0.4, -0.2) is 16.5 Å². The van der Waals surface area contributed by atoms with Gasteiger partial charge in [0.2, 0.25) is 0 Å². The average molecular weight is 273 g/mol. The molecular weight excluding hydrogens is 254 g/mol. The minimum atomic E-state index is -0.387. The van der Waals surface area contributed by atoms with E-state index in [1.54, 1.807) is 0 Å². The number of para-hydroxylation sites is 1. The quantitative estimate of drug-likeness (QED) is 0.663. The molecule has 0 fully saturated rings. The SMILES string of the molecule is CC(C)C(C)CNc1c([N+](=O)[O-])cnc2ccccc12. The maximum atomic E-state index is 11.2. The summed E-state index contributed by atoms with van der Waals surface area (Å²) in [5.74, 6) is 0.955. The monoisotopic (exact) mass is 273 g/mol. The lowest BCUT2D eigenvalue weighted by Gasteiger charge is -2.17. The maximum absolute atomic E-state index is 11.2. The largest absolute Gasteiger partial charge is 0.379 e. The van der Waals surface area contributed by atoms with E-state index in [1.807, 2.05) is 24.3 Å². The average Bonchev–Trinajstić information content (AvgIpc) is 2.43. The molecule has 0 amide bonds. The summed E-state index contributed by atoms with van der Waals surface area (Å²) < 4.78 is 0. The molecule has 0 aliphatic heterocycles. The Morgan fingerprint density at radius 3 is 2.65 bits per heavy atom. The molecule has 2 rings (SSSR count). The van der Waals surface area contributed by atoms with E-state index >= 15 is 0 Å². The van der Waals surface area contributed by atoms with Crippen molar-refractivity contribution in [2.45, 2.75) is 20.8 Å². The first-order valence-electron chi connectivity index (χ1n) is 6.76. The Kier molecular flexibility index (Phi) is 4.17. The van der Waals surface area contributed by atoms with E-state index in [1.165, 1.54) is 6.20 Å². The number of aromatic nitrogens is 1. The molecule has 1 aromatic heterocycles. The minimum Gasteiger partial charge on any atom is -0.379 e. The summed E-state index contributed by atoms with van der Waals surface area (Å²) in [6.07, 6.45) is 1.32. The Morgan fingerprint density at radius 1 is 1.30 bits per heavy atom. The molecule has 0 saturated carbocycles. The summed E-state index contributed by atoms with van der Waals surface area (Å²) in [4.78, 5) is 14.9. The number of rotatable bonds is 5. The molecule has 1 aromatic carbocycles. The van der Waals surface area contributed by atoms with Crippen LogP contribution in [0.2, 0.25) is 0 Å². The summed E-state index contributed by atoms with van der Waals surface area (Å²) in [5, 5.41) is 15.2. The van der Waals surface area contributed by atoms with Crippen LogP contribution in [0.1, 0.15) is 20.8 Å². The predicted octanol–water partition coefficient (Wildman–Crippen LogP) is 3.85. The van der Waals surface area contributed by atoms with E-state index < -0.39 is 0 Å². The van der Waals surface area contributed by atoms with Gasteiger partial charge in [-0.2, -0.15) is 0 Å². The Balaban J connectivity index is 2.42. The molecule has 0 saturated heterocycles. The molecule has 1 atom stereocenters. The van der Waals surface area contributed by atoms with Gasteiger partial charge in [0.25, 0.3) is 0 Å². The van der Waals surface area contributed by atoms with E-state index in [-0.39, 0.29) is 10.6 Å². The van der Waals surface area contributed by atoms with Crippen molar-refractivity contribution in [3.05, 3.63) is 40.6 Å². The van der Waals surface area contributed by atoms with Gasteiger partial charge in [0.1, 0.15) is 11.9 Å². The lowest BCUT2D eigenvalue weighted by atomic mass is 9.98. The fraction of sp³-hybridized carbons (Fsp3) is 0.400. The van der Waals surface area contributed by atoms with Crippen LogP contribution in [-0.2, 0) is 0 Å². The van der Waals surface area contributed by atoms with Gasteiger partial charge in [-0.15, -0.1) is 0 Å². The summed E-state index contributed by atoms with van der Waals surface area (Å²) >= 11 is 0. The third-order valence-electron chi connectivity index (χ3n) is 3.69. The summed E-state index contributed by atoms with van der Waals surface area (Å²) in [6, 6.07) is 7.46. The number of nitro groups is 1. The zero-order valence-electron chi connectivity index (χ0n) is 12.0. The molecule has 0 radical (unpaired) electrons. The van der Waals surface area contributed by atoms with Gasteiger partial charge in [-0.3, -0.25) is 10.1 Å². The van der Waals surface area contributed by atoms with Crippen LogP contribution in [0.25, 0.3) is 10.9 Å². The molecule has 1 heterocycles. The number of pyridine rings is 1. The summed E-state index contributed by atoms with van der Waals surface area (Å²) in [6.45, 7) is 7.12. The van der Waals surface area contributed by atoms with Gasteiger partial charge in [-0.25, -0.2) is 4.98 Å². The Morgan fingerprint density at radius 2 is 2.00 bits per heavy atom. The van der Waals surface area contributed by atoms with Crippen molar-refractivity contribution >= 4 is 22.3 Å². The first-order valence-corrected chi connectivity index (χ1v) is 6.76. The molecule has 0 aliphatic carbocycles. The number of anilines is 1. The zero-order valence-corrected chi connectivity index (χ0v) is 12.0. The molecular formula is C15H19N3O2. The first kappa shape index (κ1) is 14.2. The van der Waals surface area contributed by atoms with Crippen molar-refractivity contribution in [3.63, 3.8) is 0 Å². The number of nitrogens with one attached hydrogen (secondary N) is 1. The van der Waals surface area contributed by atoms with Crippen LogP contribution in [0.3, 0.4) is 0 Å². The molecule has 0 bridgehead atoms. The number of hydrogen-bond acceptors (Lipinski definition) is 4. The van der Waals surface area contributed by atoms with Crippen LogP contribution < -0.4 is 5.32 Å². The van der Waals surface area contributed by atoms with E-state index in [0.29, 0.717) is 24.1 Å². The Hall–Kier alpha value is -2.17. The van der Waals surface area contributed by atoms with Gasteiger partial charge < -0.3 is 5.32 Å². The molecule has 106 valence electrons. The minimum absolute atomic E-state index is 0.0275. The van der Waals surface area contributed by atoms with Gasteiger partial charge in [-0.05, 0) is 17.9 Å². The van der Waals surface area contributed by atoms with Crippen LogP contribution in [0.4, 0.5) is 11.4 Å². The van der Waals surface area contributed by atoms with Gasteiger partial charge in [0.05, 0.1) is 10.4 Å². The summed E-state index contributed by atoms with van der Waals surface area (Å²) in [7, 11) is 0.